The molecule has 2 aromatic heterocycles. The molecule has 7 nitrogen and oxygen atoms in total. The van der Waals surface area contributed by atoms with E-state index in [9.17, 15) is 14.0 Å². The molecule has 2 aromatic carbocycles. The molecule has 6 rings (SSSR count). The maximum absolute atomic E-state index is 13.7. The smallest absolute Gasteiger partial charge is 0.254 e. The van der Waals surface area contributed by atoms with Gasteiger partial charge in [-0.05, 0) is 55.9 Å². The lowest BCUT2D eigenvalue weighted by atomic mass is 10.1. The summed E-state index contributed by atoms with van der Waals surface area (Å²) in [7, 11) is 2.10. The fourth-order valence-corrected chi connectivity index (χ4v) is 5.45. The molecule has 3 N–H and O–H groups in total. The first kappa shape index (κ1) is 21.1. The number of nitrogens with one attached hydrogen (secondary N) is 1. The number of nitrogens with zero attached hydrogens (tertiary/aromatic N) is 3. The molecule has 0 radical (unpaired) electrons. The number of aromatic amines is 1. The van der Waals surface area contributed by atoms with E-state index >= 15 is 0 Å². The van der Waals surface area contributed by atoms with E-state index in [-0.39, 0.29) is 22.5 Å². The van der Waals surface area contributed by atoms with Gasteiger partial charge >= 0.3 is 0 Å². The second-order valence-electron chi connectivity index (χ2n) is 9.10. The van der Waals surface area contributed by atoms with Gasteiger partial charge in [-0.3, -0.25) is 14.5 Å². The van der Waals surface area contributed by atoms with Crippen molar-refractivity contribution in [2.75, 3.05) is 20.1 Å². The largest absolute Gasteiger partial charge is 0.366 e. The molecule has 2 fully saturated rings. The number of H-pyrrole nitrogens is 1. The van der Waals surface area contributed by atoms with Crippen LogP contribution in [0.15, 0.2) is 42.5 Å². The van der Waals surface area contributed by atoms with Crippen LogP contribution in [0.1, 0.15) is 27.1 Å². The van der Waals surface area contributed by atoms with Crippen molar-refractivity contribution in [1.82, 2.24) is 19.8 Å². The minimum absolute atomic E-state index is 0.00545. The van der Waals surface area contributed by atoms with Crippen molar-refractivity contribution in [3.63, 3.8) is 0 Å². The lowest BCUT2D eigenvalue weighted by Crippen LogP contribution is -2.47. The predicted molar refractivity (Wildman–Crippen MR) is 128 cm³/mol. The fraction of sp³-hybridized carbons (Fsp3) is 0.240. The van der Waals surface area contributed by atoms with E-state index in [0.717, 1.165) is 24.9 Å². The highest BCUT2D eigenvalue weighted by Crippen LogP contribution is 2.34. The summed E-state index contributed by atoms with van der Waals surface area (Å²) < 4.78 is 13.7. The predicted octanol–water partition coefficient (Wildman–Crippen LogP) is 3.80. The van der Waals surface area contributed by atoms with E-state index in [1.54, 1.807) is 24.3 Å². The molecule has 9 heteroatoms. The molecular weight excluding hydrogens is 457 g/mol. The molecule has 34 heavy (non-hydrogen) atoms. The van der Waals surface area contributed by atoms with Crippen LogP contribution in [0, 0.1) is 5.82 Å². The van der Waals surface area contributed by atoms with Gasteiger partial charge in [-0.25, -0.2) is 9.37 Å². The number of amides is 2. The van der Waals surface area contributed by atoms with E-state index in [1.807, 2.05) is 11.0 Å². The van der Waals surface area contributed by atoms with Crippen molar-refractivity contribution in [3.05, 3.63) is 64.4 Å². The number of carbonyl (C=O) groups is 2. The van der Waals surface area contributed by atoms with E-state index in [0.29, 0.717) is 39.4 Å². The summed E-state index contributed by atoms with van der Waals surface area (Å²) in [6, 6.07) is 11.9. The maximum atomic E-state index is 13.7. The Bertz CT molecular complexity index is 1510. The average molecular weight is 478 g/mol. The van der Waals surface area contributed by atoms with Crippen LogP contribution >= 0.6 is 11.6 Å². The van der Waals surface area contributed by atoms with Gasteiger partial charge in [0.2, 0.25) is 0 Å². The van der Waals surface area contributed by atoms with Crippen LogP contribution in [0.2, 0.25) is 5.02 Å². The molecule has 2 atom stereocenters. The van der Waals surface area contributed by atoms with Gasteiger partial charge in [-0.1, -0.05) is 11.6 Å². The number of carbonyl (C=O) groups excluding carboxylic acids is 2. The van der Waals surface area contributed by atoms with E-state index in [1.165, 1.54) is 12.1 Å². The molecule has 2 aliphatic rings. The number of benzene rings is 2. The minimum atomic E-state index is -0.623. The summed E-state index contributed by atoms with van der Waals surface area (Å²) in [4.78, 5) is 37.7. The van der Waals surface area contributed by atoms with Gasteiger partial charge in [0.25, 0.3) is 11.8 Å². The molecule has 172 valence electrons. The number of rotatable bonds is 3. The molecule has 2 saturated heterocycles. The Balaban J connectivity index is 1.45. The average Bonchev–Trinajstić information content (AvgIpc) is 3.50. The highest BCUT2D eigenvalue weighted by Gasteiger charge is 2.43. The number of primary amides is 1. The number of piperazine rings is 1. The Hall–Kier alpha value is -3.49. The van der Waals surface area contributed by atoms with Crippen molar-refractivity contribution in [1.29, 1.82) is 0 Å². The first-order valence-electron chi connectivity index (χ1n) is 11.0. The molecule has 2 aliphatic heterocycles. The van der Waals surface area contributed by atoms with Crippen molar-refractivity contribution in [3.8, 4) is 11.3 Å². The fourth-order valence-electron chi connectivity index (χ4n) is 5.27. The summed E-state index contributed by atoms with van der Waals surface area (Å²) in [6.07, 6.45) is 1.01. The number of likely N-dealkylation sites (N-methyl/N-ethyl adjacent to an activating group) is 1. The van der Waals surface area contributed by atoms with Gasteiger partial charge in [-0.15, -0.1) is 0 Å². The molecule has 0 unspecified atom stereocenters. The topological polar surface area (TPSA) is 95.3 Å². The quantitative estimate of drug-likeness (QED) is 0.469. The Labute approximate surface area is 199 Å². The van der Waals surface area contributed by atoms with Crippen LogP contribution in [0.5, 0.6) is 0 Å². The molecule has 4 heterocycles. The molecule has 4 aromatic rings. The molecular formula is C25H21ClFN5O2. The summed E-state index contributed by atoms with van der Waals surface area (Å²) in [5.41, 5.74) is 9.24. The Kier molecular flexibility index (Phi) is 4.65. The maximum Gasteiger partial charge on any atom is 0.254 e. The Morgan fingerprint density at radius 3 is 2.65 bits per heavy atom. The zero-order valence-corrected chi connectivity index (χ0v) is 19.1. The summed E-state index contributed by atoms with van der Waals surface area (Å²) in [6.45, 7) is 1.63. The first-order chi connectivity index (χ1) is 16.3. The van der Waals surface area contributed by atoms with Gasteiger partial charge in [0.05, 0.1) is 27.3 Å². The lowest BCUT2D eigenvalue weighted by molar-refractivity contribution is 0.0650. The van der Waals surface area contributed by atoms with Crippen LogP contribution in [-0.4, -0.2) is 63.8 Å². The molecule has 2 bridgehead atoms. The standard InChI is InChI=1S/C25H21ClFN5O2/c1-31-10-15-8-14(31)11-32(15)25(34)13-2-4-16-21(7-13)30-23-17(24(28)33)9-20(29-22(16)23)12-3-5-19(27)18(26)6-12/h2-7,9,14-15,30H,8,10-11H2,1H3,(H2,28,33)/t14-,15-/m0/s1. The van der Waals surface area contributed by atoms with Crippen LogP contribution in [-0.2, 0) is 0 Å². The number of hydrogen-bond acceptors (Lipinski definition) is 4. The van der Waals surface area contributed by atoms with Gasteiger partial charge in [-0.2, -0.15) is 0 Å². The monoisotopic (exact) mass is 477 g/mol. The summed E-state index contributed by atoms with van der Waals surface area (Å²) >= 11 is 5.95. The third kappa shape index (κ3) is 3.17. The van der Waals surface area contributed by atoms with Gasteiger partial charge in [0.1, 0.15) is 5.82 Å². The van der Waals surface area contributed by atoms with Crippen LogP contribution < -0.4 is 5.73 Å². The van der Waals surface area contributed by atoms with Crippen molar-refractivity contribution < 1.29 is 14.0 Å². The molecule has 2 amide bonds. The summed E-state index contributed by atoms with van der Waals surface area (Å²) in [5.74, 6) is -1.16. The van der Waals surface area contributed by atoms with Crippen molar-refractivity contribution >= 4 is 45.4 Å². The normalized spacial score (nSPS) is 20.0. The number of hydrogen-bond donors (Lipinski definition) is 2. The van der Waals surface area contributed by atoms with Crippen LogP contribution in [0.4, 0.5) is 4.39 Å². The second-order valence-corrected chi connectivity index (χ2v) is 9.50. The van der Waals surface area contributed by atoms with Gasteiger partial charge in [0, 0.05) is 47.2 Å². The highest BCUT2D eigenvalue weighted by molar-refractivity contribution is 6.31. The number of halogens is 2. The third-order valence-electron chi connectivity index (χ3n) is 7.06. The van der Waals surface area contributed by atoms with Gasteiger partial charge < -0.3 is 15.6 Å². The molecule has 0 spiro atoms. The lowest BCUT2D eigenvalue weighted by Gasteiger charge is -2.32. The SMILES string of the molecule is CN1C[C@@H]2C[C@H]1CN2C(=O)c1ccc2c(c1)[nH]c1c(C(N)=O)cc(-c3ccc(F)c(Cl)c3)nc12. The van der Waals surface area contributed by atoms with Crippen LogP contribution in [0.3, 0.4) is 0 Å². The third-order valence-corrected chi connectivity index (χ3v) is 7.35. The van der Waals surface area contributed by atoms with E-state index in [2.05, 4.69) is 16.9 Å². The zero-order chi connectivity index (χ0) is 23.7. The van der Waals surface area contributed by atoms with E-state index in [4.69, 9.17) is 22.3 Å². The van der Waals surface area contributed by atoms with Crippen molar-refractivity contribution in [2.45, 2.75) is 18.5 Å². The van der Waals surface area contributed by atoms with Gasteiger partial charge in [0.15, 0.2) is 0 Å². The summed E-state index contributed by atoms with van der Waals surface area (Å²) in [5, 5.41) is 0.718. The number of fused-ring (bicyclic) bond motifs is 5. The van der Waals surface area contributed by atoms with E-state index < -0.39 is 11.7 Å². The Morgan fingerprint density at radius 2 is 1.97 bits per heavy atom. The number of likely N-dealkylation sites (tertiary alicyclic amines) is 2. The highest BCUT2D eigenvalue weighted by atomic mass is 35.5. The van der Waals surface area contributed by atoms with Crippen LogP contribution in [0.25, 0.3) is 33.2 Å². The second kappa shape index (κ2) is 7.51. The molecule has 0 saturated carbocycles. The Morgan fingerprint density at radius 1 is 1.15 bits per heavy atom. The number of aromatic nitrogens is 2. The number of nitrogens with two attached hydrogens (primary N) is 1. The number of pyridine rings is 1. The first-order valence-corrected chi connectivity index (χ1v) is 11.4. The van der Waals surface area contributed by atoms with Crippen molar-refractivity contribution in [2.24, 2.45) is 5.73 Å². The minimum Gasteiger partial charge on any atom is -0.366 e. The molecule has 0 aliphatic carbocycles. The zero-order valence-electron chi connectivity index (χ0n) is 18.3.